The van der Waals surface area contributed by atoms with Gasteiger partial charge in [-0.2, -0.15) is 0 Å². The highest BCUT2D eigenvalue weighted by atomic mass is 127. The van der Waals surface area contributed by atoms with Gasteiger partial charge in [-0.05, 0) is 22.6 Å². The molecule has 6 nitrogen and oxygen atoms in total. The molecule has 0 aromatic rings. The van der Waals surface area contributed by atoms with Crippen molar-refractivity contribution in [2.75, 3.05) is 19.8 Å². The summed E-state index contributed by atoms with van der Waals surface area (Å²) < 4.78 is 11.4. The number of nitrogens with one attached hydrogen (secondary N) is 1. The zero-order valence-corrected chi connectivity index (χ0v) is 10.1. The molecule has 0 spiro atoms. The Morgan fingerprint density at radius 1 is 1.60 bits per heavy atom. The molecule has 1 fully saturated rings. The number of hydrogen-bond donors (Lipinski definition) is 2. The van der Waals surface area contributed by atoms with Crippen molar-refractivity contribution in [3.63, 3.8) is 0 Å². The van der Waals surface area contributed by atoms with E-state index in [1.165, 1.54) is 4.90 Å². The molecule has 7 heteroatoms. The van der Waals surface area contributed by atoms with Crippen molar-refractivity contribution in [1.82, 2.24) is 10.2 Å². The van der Waals surface area contributed by atoms with E-state index >= 15 is 0 Å². The van der Waals surface area contributed by atoms with E-state index < -0.39 is 6.17 Å². The highest BCUT2D eigenvalue weighted by molar-refractivity contribution is 14.1. The molecule has 0 aliphatic carbocycles. The predicted octanol–water partition coefficient (Wildman–Crippen LogP) is -0.0543. The minimum atomic E-state index is -0.403. The first-order chi connectivity index (χ1) is 7.16. The summed E-state index contributed by atoms with van der Waals surface area (Å²) in [4.78, 5) is 13.0. The minimum Gasteiger partial charge on any atom is -0.348 e. The molecule has 84 valence electrons. The first-order valence-corrected chi connectivity index (χ1v) is 5.68. The van der Waals surface area contributed by atoms with Crippen LogP contribution in [-0.2, 0) is 9.47 Å². The van der Waals surface area contributed by atoms with Crippen LogP contribution in [0, 0.1) is 0 Å². The van der Waals surface area contributed by atoms with E-state index in [0.29, 0.717) is 19.8 Å². The maximum absolute atomic E-state index is 11.5. The van der Waals surface area contributed by atoms with Gasteiger partial charge in [0.2, 0.25) is 0 Å². The molecule has 2 amide bonds. The summed E-state index contributed by atoms with van der Waals surface area (Å²) >= 11 is 2.09. The Kier molecular flexibility index (Phi) is 3.44. The van der Waals surface area contributed by atoms with Gasteiger partial charge in [0.25, 0.3) is 0 Å². The second kappa shape index (κ2) is 4.64. The normalized spacial score (nSPS) is 27.9. The standard InChI is InChI=1S/C8H12IN3O3/c9-5-3-12(8(13)11-7(5)10)4-6-14-1-2-15-6/h3,6-7H,1-2,4,10H2,(H,11,13). The van der Waals surface area contributed by atoms with E-state index in [2.05, 4.69) is 27.9 Å². The molecule has 0 aromatic carbocycles. The first-order valence-electron chi connectivity index (χ1n) is 4.60. The van der Waals surface area contributed by atoms with Crippen molar-refractivity contribution in [2.45, 2.75) is 12.5 Å². The van der Waals surface area contributed by atoms with Gasteiger partial charge >= 0.3 is 6.03 Å². The van der Waals surface area contributed by atoms with Gasteiger partial charge in [0.1, 0.15) is 6.17 Å². The Bertz CT molecular complexity index is 291. The van der Waals surface area contributed by atoms with Crippen LogP contribution >= 0.6 is 22.6 Å². The van der Waals surface area contributed by atoms with Crippen molar-refractivity contribution in [3.8, 4) is 0 Å². The highest BCUT2D eigenvalue weighted by Crippen LogP contribution is 2.16. The molecule has 3 N–H and O–H groups in total. The topological polar surface area (TPSA) is 76.8 Å². The number of nitrogens with two attached hydrogens (primary N) is 1. The van der Waals surface area contributed by atoms with E-state index in [9.17, 15) is 4.79 Å². The van der Waals surface area contributed by atoms with Gasteiger partial charge in [-0.3, -0.25) is 4.90 Å². The number of nitrogens with zero attached hydrogens (tertiary/aromatic N) is 1. The second-order valence-electron chi connectivity index (χ2n) is 3.26. The largest absolute Gasteiger partial charge is 0.348 e. The summed E-state index contributed by atoms with van der Waals surface area (Å²) in [6.45, 7) is 1.56. The van der Waals surface area contributed by atoms with Crippen molar-refractivity contribution in [1.29, 1.82) is 0 Å². The number of rotatable bonds is 2. The molecular formula is C8H12IN3O3. The molecule has 0 saturated carbocycles. The Balaban J connectivity index is 1.98. The molecule has 0 aromatic heterocycles. The third-order valence-corrected chi connectivity index (χ3v) is 3.10. The van der Waals surface area contributed by atoms with Crippen molar-refractivity contribution in [3.05, 3.63) is 9.78 Å². The number of carbonyl (C=O) groups excluding carboxylic acids is 1. The van der Waals surface area contributed by atoms with Crippen LogP contribution in [-0.4, -0.2) is 43.1 Å². The molecule has 15 heavy (non-hydrogen) atoms. The van der Waals surface area contributed by atoms with Crippen LogP contribution in [0.3, 0.4) is 0 Å². The van der Waals surface area contributed by atoms with Gasteiger partial charge in [-0.25, -0.2) is 4.79 Å². The fourth-order valence-electron chi connectivity index (χ4n) is 1.38. The maximum Gasteiger partial charge on any atom is 0.323 e. The summed E-state index contributed by atoms with van der Waals surface area (Å²) in [6.07, 6.45) is 0.986. The fourth-order valence-corrected chi connectivity index (χ4v) is 1.87. The Morgan fingerprint density at radius 3 is 2.93 bits per heavy atom. The van der Waals surface area contributed by atoms with E-state index in [4.69, 9.17) is 15.2 Å². The van der Waals surface area contributed by atoms with Gasteiger partial charge in [-0.1, -0.05) is 0 Å². The van der Waals surface area contributed by atoms with Crippen molar-refractivity contribution >= 4 is 28.6 Å². The van der Waals surface area contributed by atoms with E-state index in [1.807, 2.05) is 0 Å². The number of urea groups is 1. The smallest absolute Gasteiger partial charge is 0.323 e. The summed E-state index contributed by atoms with van der Waals surface area (Å²) in [5.41, 5.74) is 5.64. The molecule has 1 unspecified atom stereocenters. The van der Waals surface area contributed by atoms with Crippen LogP contribution in [0.4, 0.5) is 4.79 Å². The van der Waals surface area contributed by atoms with Gasteiger partial charge in [0, 0.05) is 9.78 Å². The van der Waals surface area contributed by atoms with Crippen molar-refractivity contribution < 1.29 is 14.3 Å². The van der Waals surface area contributed by atoms with Crippen LogP contribution in [0.15, 0.2) is 9.78 Å². The Labute approximate surface area is 101 Å². The summed E-state index contributed by atoms with van der Waals surface area (Å²) in [5, 5.41) is 2.63. The molecule has 2 aliphatic rings. The molecular weight excluding hydrogens is 313 g/mol. The Morgan fingerprint density at radius 2 is 2.27 bits per heavy atom. The average molecular weight is 325 g/mol. The average Bonchev–Trinajstić information content (AvgIpc) is 2.67. The molecule has 2 rings (SSSR count). The lowest BCUT2D eigenvalue weighted by Gasteiger charge is -2.29. The number of amides is 2. The van der Waals surface area contributed by atoms with Crippen LogP contribution in [0.25, 0.3) is 0 Å². The quantitative estimate of drug-likeness (QED) is 0.698. The number of ether oxygens (including phenoxy) is 2. The molecule has 2 aliphatic heterocycles. The third kappa shape index (κ3) is 2.60. The summed E-state index contributed by atoms with van der Waals surface area (Å²) in [7, 11) is 0. The van der Waals surface area contributed by atoms with E-state index in [0.717, 1.165) is 3.58 Å². The lowest BCUT2D eigenvalue weighted by Crippen LogP contribution is -2.52. The SMILES string of the molecule is NC1NC(=O)N(CC2OCCO2)C=C1I. The third-order valence-electron chi connectivity index (χ3n) is 2.15. The molecule has 2 heterocycles. The van der Waals surface area contributed by atoms with Crippen LogP contribution in [0.1, 0.15) is 0 Å². The Hall–Kier alpha value is -0.380. The number of carbonyl (C=O) groups is 1. The monoisotopic (exact) mass is 325 g/mol. The van der Waals surface area contributed by atoms with E-state index in [-0.39, 0.29) is 12.3 Å². The number of hydrogen-bond acceptors (Lipinski definition) is 4. The molecule has 1 atom stereocenters. The van der Waals surface area contributed by atoms with Crippen LogP contribution < -0.4 is 11.1 Å². The fraction of sp³-hybridized carbons (Fsp3) is 0.625. The summed E-state index contributed by atoms with van der Waals surface area (Å²) in [5.74, 6) is 0. The van der Waals surface area contributed by atoms with Crippen LogP contribution in [0.2, 0.25) is 0 Å². The first kappa shape index (κ1) is 11.1. The van der Waals surface area contributed by atoms with Crippen molar-refractivity contribution in [2.24, 2.45) is 5.73 Å². The molecule has 0 bridgehead atoms. The lowest BCUT2D eigenvalue weighted by molar-refractivity contribution is -0.0506. The van der Waals surface area contributed by atoms with Gasteiger partial charge < -0.3 is 20.5 Å². The molecule has 0 radical (unpaired) electrons. The van der Waals surface area contributed by atoms with Crippen LogP contribution in [0.5, 0.6) is 0 Å². The highest BCUT2D eigenvalue weighted by Gasteiger charge is 2.27. The predicted molar refractivity (Wildman–Crippen MR) is 61.0 cm³/mol. The lowest BCUT2D eigenvalue weighted by atomic mass is 10.4. The zero-order valence-electron chi connectivity index (χ0n) is 7.98. The van der Waals surface area contributed by atoms with E-state index in [1.54, 1.807) is 6.20 Å². The molecule has 1 saturated heterocycles. The second-order valence-corrected chi connectivity index (χ2v) is 4.51. The minimum absolute atomic E-state index is 0.220. The number of halogens is 1. The zero-order chi connectivity index (χ0) is 10.8. The van der Waals surface area contributed by atoms with Gasteiger partial charge in [-0.15, -0.1) is 0 Å². The van der Waals surface area contributed by atoms with Gasteiger partial charge in [0.05, 0.1) is 19.8 Å². The van der Waals surface area contributed by atoms with Gasteiger partial charge in [0.15, 0.2) is 6.29 Å². The summed E-state index contributed by atoms with van der Waals surface area (Å²) in [6, 6.07) is -0.220. The maximum atomic E-state index is 11.5.